The van der Waals surface area contributed by atoms with Gasteiger partial charge in [-0.05, 0) is 119 Å². The Morgan fingerprint density at radius 1 is 1.08 bits per heavy atom. The number of nitrogens with zero attached hydrogens (tertiary/aromatic N) is 3. The summed E-state index contributed by atoms with van der Waals surface area (Å²) in [6.07, 6.45) is 6.55. The van der Waals surface area contributed by atoms with Gasteiger partial charge in [0, 0.05) is 36.6 Å². The molecule has 7 nitrogen and oxygen atoms in total. The predicted octanol–water partition coefficient (Wildman–Crippen LogP) is 5.38. The first-order chi connectivity index (χ1) is 17.6. The van der Waals surface area contributed by atoms with Crippen LogP contribution in [-0.4, -0.2) is 53.8 Å². The Morgan fingerprint density at radius 2 is 1.84 bits per heavy atom. The van der Waals surface area contributed by atoms with Crippen LogP contribution in [0.25, 0.3) is 0 Å². The fourth-order valence-electron chi connectivity index (χ4n) is 5.36. The first-order valence-electron chi connectivity index (χ1n) is 13.7. The summed E-state index contributed by atoms with van der Waals surface area (Å²) in [5.41, 5.74) is 3.28. The van der Waals surface area contributed by atoms with Crippen molar-refractivity contribution in [2.45, 2.75) is 82.8 Å². The number of rotatable bonds is 6. The number of nitrogens with one attached hydrogen (secondary N) is 2. The molecule has 3 aliphatic rings. The van der Waals surface area contributed by atoms with Gasteiger partial charge in [-0.15, -0.1) is 0 Å². The number of benzene rings is 1. The van der Waals surface area contributed by atoms with Gasteiger partial charge in [-0.3, -0.25) is 9.52 Å². The third-order valence-corrected chi connectivity index (χ3v) is 8.93. The van der Waals surface area contributed by atoms with Crippen molar-refractivity contribution in [1.82, 2.24) is 9.71 Å². The van der Waals surface area contributed by atoms with Crippen LogP contribution in [0.2, 0.25) is 0 Å². The van der Waals surface area contributed by atoms with E-state index in [0.717, 1.165) is 54.4 Å². The van der Waals surface area contributed by atoms with Crippen molar-refractivity contribution < 1.29 is 9.90 Å². The lowest BCUT2D eigenvalue weighted by molar-refractivity contribution is 0.102. The van der Waals surface area contributed by atoms with Crippen LogP contribution in [0.3, 0.4) is 0 Å². The van der Waals surface area contributed by atoms with Crippen LogP contribution in [0.4, 0.5) is 17.3 Å². The molecule has 1 amide bonds. The number of aliphatic hydroxyl groups is 1. The molecule has 0 radical (unpaired) electrons. The monoisotopic (exact) mass is 523 g/mol. The smallest absolute Gasteiger partial charge is 0.258 e. The molecule has 1 aliphatic carbocycles. The van der Waals surface area contributed by atoms with E-state index in [4.69, 9.17) is 4.98 Å². The highest BCUT2D eigenvalue weighted by Crippen LogP contribution is 2.54. The highest BCUT2D eigenvalue weighted by molar-refractivity contribution is 7.97. The number of piperidine rings is 2. The number of aromatic nitrogens is 1. The highest BCUT2D eigenvalue weighted by Gasteiger charge is 2.44. The van der Waals surface area contributed by atoms with Crippen molar-refractivity contribution in [2.24, 2.45) is 5.41 Å². The minimum Gasteiger partial charge on any atom is -0.391 e. The third-order valence-electron chi connectivity index (χ3n) is 7.73. The second kappa shape index (κ2) is 10.5. The fourth-order valence-corrected chi connectivity index (χ4v) is 6.09. The van der Waals surface area contributed by atoms with Crippen molar-refractivity contribution >= 4 is 35.2 Å². The van der Waals surface area contributed by atoms with Gasteiger partial charge in [-0.25, -0.2) is 4.98 Å². The maximum atomic E-state index is 13.6. The normalized spacial score (nSPS) is 21.3. The molecule has 1 aromatic heterocycles. The van der Waals surface area contributed by atoms with Gasteiger partial charge in [-0.1, -0.05) is 0 Å². The Morgan fingerprint density at radius 3 is 2.51 bits per heavy atom. The molecule has 1 saturated carbocycles. The Kier molecular flexibility index (Phi) is 7.44. The summed E-state index contributed by atoms with van der Waals surface area (Å²) in [5, 5.41) is 13.2. The zero-order valence-electron chi connectivity index (χ0n) is 22.6. The second-order valence-electron chi connectivity index (χ2n) is 12.2. The molecule has 3 heterocycles. The molecule has 5 rings (SSSR count). The molecule has 3 fully saturated rings. The zero-order valence-corrected chi connectivity index (χ0v) is 23.5. The van der Waals surface area contributed by atoms with Crippen LogP contribution in [0.1, 0.15) is 75.2 Å². The van der Waals surface area contributed by atoms with Crippen molar-refractivity contribution in [3.63, 3.8) is 0 Å². The summed E-state index contributed by atoms with van der Waals surface area (Å²) >= 11 is 1.62. The van der Waals surface area contributed by atoms with E-state index in [2.05, 4.69) is 46.7 Å². The van der Waals surface area contributed by atoms with E-state index in [1.54, 1.807) is 11.9 Å². The van der Waals surface area contributed by atoms with E-state index >= 15 is 0 Å². The molecule has 1 spiro atoms. The number of anilines is 3. The van der Waals surface area contributed by atoms with Crippen LogP contribution >= 0.6 is 11.9 Å². The molecule has 1 atom stereocenters. The Labute approximate surface area is 225 Å². The van der Waals surface area contributed by atoms with Crippen LogP contribution < -0.4 is 19.8 Å². The molecular formula is C29H41N5O2S. The Bertz CT molecular complexity index is 1130. The molecule has 200 valence electrons. The van der Waals surface area contributed by atoms with Crippen LogP contribution in [-0.2, 0) is 0 Å². The number of carbonyl (C=O) groups is 1. The van der Waals surface area contributed by atoms with Gasteiger partial charge in [0.05, 0.1) is 17.4 Å². The van der Waals surface area contributed by atoms with Crippen molar-refractivity contribution in [1.29, 1.82) is 0 Å². The lowest BCUT2D eigenvalue weighted by atomic mass is 9.93. The van der Waals surface area contributed by atoms with Gasteiger partial charge in [0.25, 0.3) is 5.91 Å². The minimum absolute atomic E-state index is 0.0106. The second-order valence-corrected chi connectivity index (χ2v) is 13.1. The van der Waals surface area contributed by atoms with E-state index in [-0.39, 0.29) is 17.6 Å². The summed E-state index contributed by atoms with van der Waals surface area (Å²) in [7, 11) is 0. The number of hydrogen-bond donors (Lipinski definition) is 3. The maximum Gasteiger partial charge on any atom is 0.258 e. The van der Waals surface area contributed by atoms with Gasteiger partial charge in [0.2, 0.25) is 0 Å². The van der Waals surface area contributed by atoms with E-state index < -0.39 is 0 Å². The lowest BCUT2D eigenvalue weighted by Crippen LogP contribution is -2.38. The molecule has 1 aromatic carbocycles. The van der Waals surface area contributed by atoms with Crippen LogP contribution in [0.5, 0.6) is 0 Å². The average Bonchev–Trinajstić information content (AvgIpc) is 3.61. The highest BCUT2D eigenvalue weighted by atomic mass is 32.2. The summed E-state index contributed by atoms with van der Waals surface area (Å²) in [6, 6.07) is 10.1. The summed E-state index contributed by atoms with van der Waals surface area (Å²) in [4.78, 5) is 24.0. The number of hydrogen-bond acceptors (Lipinski definition) is 7. The summed E-state index contributed by atoms with van der Waals surface area (Å²) < 4.78 is 3.49. The molecule has 2 aromatic rings. The minimum atomic E-state index is -0.333. The first kappa shape index (κ1) is 26.3. The van der Waals surface area contributed by atoms with Gasteiger partial charge >= 0.3 is 0 Å². The van der Waals surface area contributed by atoms with E-state index in [9.17, 15) is 9.90 Å². The lowest BCUT2D eigenvalue weighted by Gasteiger charge is -2.35. The summed E-state index contributed by atoms with van der Waals surface area (Å²) in [6.45, 7) is 11.9. The number of β-amino-alcohol motifs (C(OH)–C–C–N with tert-alkyl or cyclic N) is 1. The molecule has 2 saturated heterocycles. The first-order valence-corrected chi connectivity index (χ1v) is 14.5. The summed E-state index contributed by atoms with van der Waals surface area (Å²) in [5.74, 6) is 1.22. The Hall–Kier alpha value is -2.29. The predicted molar refractivity (Wildman–Crippen MR) is 153 cm³/mol. The van der Waals surface area contributed by atoms with Crippen molar-refractivity contribution in [2.75, 3.05) is 41.3 Å². The quantitative estimate of drug-likeness (QED) is 0.439. The van der Waals surface area contributed by atoms with E-state index in [0.29, 0.717) is 23.3 Å². The van der Waals surface area contributed by atoms with Crippen LogP contribution in [0, 0.1) is 12.3 Å². The Balaban J connectivity index is 1.38. The molecule has 0 bridgehead atoms. The van der Waals surface area contributed by atoms with E-state index in [1.165, 1.54) is 25.7 Å². The molecule has 8 heteroatoms. The SMILES string of the molecule is Cc1cc(NC(=O)c2ccc(SNC(C)(C)C)cc2N2CCC3(CC2)CC3)nc(N2CCC[C@@H](O)C2)c1. The number of aryl methyl sites for hydroxylation is 1. The van der Waals surface area contributed by atoms with Crippen molar-refractivity contribution in [3.05, 3.63) is 41.5 Å². The molecule has 37 heavy (non-hydrogen) atoms. The topological polar surface area (TPSA) is 80.7 Å². The number of carbonyl (C=O) groups excluding carboxylic acids is 1. The number of pyridine rings is 1. The molecule has 2 aliphatic heterocycles. The fraction of sp³-hybridized carbons (Fsp3) is 0.586. The number of aliphatic hydroxyl groups excluding tert-OH is 1. The van der Waals surface area contributed by atoms with Crippen molar-refractivity contribution in [3.8, 4) is 0 Å². The van der Waals surface area contributed by atoms with Gasteiger partial charge < -0.3 is 20.2 Å². The molecule has 0 unspecified atom stereocenters. The molecular weight excluding hydrogens is 482 g/mol. The third kappa shape index (κ3) is 6.59. The van der Waals surface area contributed by atoms with E-state index in [1.807, 2.05) is 31.2 Å². The zero-order chi connectivity index (χ0) is 26.2. The largest absolute Gasteiger partial charge is 0.391 e. The van der Waals surface area contributed by atoms with Gasteiger partial charge in [0.15, 0.2) is 0 Å². The van der Waals surface area contributed by atoms with Gasteiger partial charge in [0.1, 0.15) is 11.6 Å². The maximum absolute atomic E-state index is 13.6. The molecule has 3 N–H and O–H groups in total. The van der Waals surface area contributed by atoms with Crippen LogP contribution in [0.15, 0.2) is 35.2 Å². The standard InChI is InChI=1S/C29H41N5O2S/c1-20-16-25(30-26(17-20)34-13-5-6-21(35)19-34)31-27(36)23-8-7-22(37-32-28(2,3)4)18-24(23)33-14-11-29(9-10-29)12-15-33/h7-8,16-18,21,32,35H,5-6,9-15,19H2,1-4H3,(H,30,31,36)/t21-/m1/s1. The number of amides is 1. The average molecular weight is 524 g/mol. The van der Waals surface area contributed by atoms with Gasteiger partial charge in [-0.2, -0.15) is 0 Å².